The Morgan fingerprint density at radius 2 is 2.07 bits per heavy atom. The quantitative estimate of drug-likeness (QED) is 0.404. The highest BCUT2D eigenvalue weighted by molar-refractivity contribution is 6.40. The number of halogens is 2. The van der Waals surface area contributed by atoms with Crippen molar-refractivity contribution in [3.63, 3.8) is 0 Å². The van der Waals surface area contributed by atoms with Gasteiger partial charge >= 0.3 is 13.1 Å². The normalized spacial score (nSPS) is 26.3. The summed E-state index contributed by atoms with van der Waals surface area (Å²) in [5.74, 6) is -1.86. The summed E-state index contributed by atoms with van der Waals surface area (Å²) < 4.78 is 0. The van der Waals surface area contributed by atoms with E-state index in [9.17, 15) is 14.7 Å². The van der Waals surface area contributed by atoms with Crippen molar-refractivity contribution < 1.29 is 24.7 Å². The highest BCUT2D eigenvalue weighted by Gasteiger charge is 2.51. The van der Waals surface area contributed by atoms with E-state index >= 15 is 0 Å². The Morgan fingerprint density at radius 3 is 2.72 bits per heavy atom. The Bertz CT molecular complexity index is 812. The number of nitrogens with zero attached hydrogens (tertiary/aromatic N) is 1. The lowest BCUT2D eigenvalue weighted by Crippen LogP contribution is -2.56. The van der Waals surface area contributed by atoms with Gasteiger partial charge in [-0.25, -0.2) is 0 Å². The van der Waals surface area contributed by atoms with Crippen LogP contribution < -0.4 is 11.1 Å². The molecule has 3 atom stereocenters. The number of carboxylic acid groups (broad SMARTS) is 1. The van der Waals surface area contributed by atoms with Crippen molar-refractivity contribution in [1.29, 1.82) is 0 Å². The van der Waals surface area contributed by atoms with E-state index < -0.39 is 30.6 Å². The molecule has 0 saturated carbocycles. The standard InChI is InChI=1S/C18H24BCl2N3O5/c20-12-4-10-7-23-15(6-13(10)14(21)5-12)16(25)24-8-11(2-1-3-19(28)29)18(22,9-24)17(26)27/h4-5,11,15,23,28-29H,1-3,6-9,22H2,(H,26,27)/t11-,15?,18-/m0/s1. The Balaban J connectivity index is 1.71. The van der Waals surface area contributed by atoms with Gasteiger partial charge in [0.15, 0.2) is 0 Å². The minimum Gasteiger partial charge on any atom is -0.480 e. The summed E-state index contributed by atoms with van der Waals surface area (Å²) in [4.78, 5) is 26.4. The summed E-state index contributed by atoms with van der Waals surface area (Å²) in [5.41, 5.74) is 6.40. The minimum absolute atomic E-state index is 0.0904. The number of aliphatic carboxylic acids is 1. The molecule has 2 aliphatic heterocycles. The molecule has 2 aliphatic rings. The number of fused-ring (bicyclic) bond motifs is 1. The first-order valence-electron chi connectivity index (χ1n) is 9.49. The van der Waals surface area contributed by atoms with Gasteiger partial charge in [-0.05, 0) is 42.4 Å². The smallest absolute Gasteiger partial charge is 0.451 e. The molecule has 11 heteroatoms. The molecule has 1 aromatic carbocycles. The second kappa shape index (κ2) is 8.79. The van der Waals surface area contributed by atoms with Gasteiger partial charge in [-0.3, -0.25) is 9.59 Å². The fraction of sp³-hybridized carbons (Fsp3) is 0.556. The summed E-state index contributed by atoms with van der Waals surface area (Å²) in [5, 5.41) is 31.9. The van der Waals surface area contributed by atoms with E-state index in [0.29, 0.717) is 35.9 Å². The zero-order chi connectivity index (χ0) is 21.3. The van der Waals surface area contributed by atoms with Crippen LogP contribution >= 0.6 is 23.2 Å². The van der Waals surface area contributed by atoms with Crippen LogP contribution in [0, 0.1) is 5.92 Å². The van der Waals surface area contributed by atoms with Gasteiger partial charge in [0.05, 0.1) is 6.04 Å². The van der Waals surface area contributed by atoms with E-state index in [2.05, 4.69) is 5.32 Å². The maximum absolute atomic E-state index is 13.1. The number of nitrogens with two attached hydrogens (primary N) is 1. The number of rotatable bonds is 6. The minimum atomic E-state index is -1.56. The average Bonchev–Trinajstić information content (AvgIpc) is 2.99. The SMILES string of the molecule is N[C@@]1(C(=O)O)CN(C(=O)C2Cc3c(Cl)cc(Cl)cc3CN2)C[C@@H]1CCCB(O)O. The first kappa shape index (κ1) is 22.3. The molecule has 6 N–H and O–H groups in total. The number of carbonyl (C=O) groups is 2. The molecule has 1 amide bonds. The molecule has 29 heavy (non-hydrogen) atoms. The van der Waals surface area contributed by atoms with Crippen molar-refractivity contribution in [1.82, 2.24) is 10.2 Å². The summed E-state index contributed by atoms with van der Waals surface area (Å²) >= 11 is 12.3. The van der Waals surface area contributed by atoms with Crippen molar-refractivity contribution in [2.24, 2.45) is 11.7 Å². The molecule has 8 nitrogen and oxygen atoms in total. The molecule has 3 rings (SSSR count). The van der Waals surface area contributed by atoms with Crippen molar-refractivity contribution in [2.75, 3.05) is 13.1 Å². The lowest BCUT2D eigenvalue weighted by Gasteiger charge is -2.30. The van der Waals surface area contributed by atoms with Crippen molar-refractivity contribution >= 4 is 42.2 Å². The topological polar surface area (TPSA) is 136 Å². The Morgan fingerprint density at radius 1 is 1.34 bits per heavy atom. The summed E-state index contributed by atoms with van der Waals surface area (Å²) in [7, 11) is -1.45. The predicted molar refractivity (Wildman–Crippen MR) is 110 cm³/mol. The zero-order valence-corrected chi connectivity index (χ0v) is 17.3. The fourth-order valence-corrected chi connectivity index (χ4v) is 4.80. The Labute approximate surface area is 179 Å². The molecule has 1 fully saturated rings. The lowest BCUT2D eigenvalue weighted by atomic mass is 9.78. The first-order chi connectivity index (χ1) is 13.6. The average molecular weight is 444 g/mol. The number of carboxylic acids is 1. The number of benzene rings is 1. The Hall–Kier alpha value is -1.36. The van der Waals surface area contributed by atoms with Gasteiger partial charge in [-0.1, -0.05) is 29.6 Å². The number of nitrogens with one attached hydrogen (secondary N) is 1. The third-order valence-corrected chi connectivity index (χ3v) is 6.40. The fourth-order valence-electron chi connectivity index (χ4n) is 4.19. The van der Waals surface area contributed by atoms with Crippen LogP contribution in [0.3, 0.4) is 0 Å². The predicted octanol–water partition coefficient (Wildman–Crippen LogP) is 0.501. The van der Waals surface area contributed by atoms with E-state index in [4.69, 9.17) is 39.0 Å². The third kappa shape index (κ3) is 4.71. The molecule has 1 aromatic rings. The number of hydrogen-bond acceptors (Lipinski definition) is 6. The highest BCUT2D eigenvalue weighted by atomic mass is 35.5. The largest absolute Gasteiger partial charge is 0.480 e. The molecule has 0 spiro atoms. The molecular formula is C18H24BCl2N3O5. The van der Waals surface area contributed by atoms with Crippen LogP contribution in [0.1, 0.15) is 24.0 Å². The molecular weight excluding hydrogens is 420 g/mol. The summed E-state index contributed by atoms with van der Waals surface area (Å²) in [6, 6.07) is 2.93. The van der Waals surface area contributed by atoms with Crippen molar-refractivity contribution in [3.8, 4) is 0 Å². The molecule has 0 bridgehead atoms. The number of likely N-dealkylation sites (tertiary alicyclic amines) is 1. The van der Waals surface area contributed by atoms with Crippen LogP contribution in [0.15, 0.2) is 12.1 Å². The van der Waals surface area contributed by atoms with E-state index in [-0.39, 0.29) is 25.3 Å². The number of carbonyl (C=O) groups excluding carboxylic acids is 1. The van der Waals surface area contributed by atoms with E-state index in [1.807, 2.05) is 6.07 Å². The van der Waals surface area contributed by atoms with E-state index in [0.717, 1.165) is 11.1 Å². The summed E-state index contributed by atoms with van der Waals surface area (Å²) in [6.45, 7) is 0.555. The van der Waals surface area contributed by atoms with Crippen LogP contribution in [0.4, 0.5) is 0 Å². The molecule has 158 valence electrons. The maximum Gasteiger partial charge on any atom is 0.451 e. The number of hydrogen-bond donors (Lipinski definition) is 5. The van der Waals surface area contributed by atoms with Crippen LogP contribution in [-0.2, 0) is 22.6 Å². The van der Waals surface area contributed by atoms with Gasteiger partial charge in [-0.2, -0.15) is 0 Å². The maximum atomic E-state index is 13.1. The second-order valence-electron chi connectivity index (χ2n) is 7.84. The molecule has 0 aromatic heterocycles. The monoisotopic (exact) mass is 443 g/mol. The molecule has 0 radical (unpaired) electrons. The molecule has 2 heterocycles. The van der Waals surface area contributed by atoms with Gasteiger partial charge in [0.25, 0.3) is 0 Å². The first-order valence-corrected chi connectivity index (χ1v) is 10.2. The van der Waals surface area contributed by atoms with Crippen LogP contribution in [0.2, 0.25) is 16.4 Å². The molecule has 1 unspecified atom stereocenters. The summed E-state index contributed by atoms with van der Waals surface area (Å²) in [6.07, 6.45) is 1.30. The van der Waals surface area contributed by atoms with E-state index in [1.54, 1.807) is 6.07 Å². The van der Waals surface area contributed by atoms with Gasteiger partial charge in [0.1, 0.15) is 5.54 Å². The highest BCUT2D eigenvalue weighted by Crippen LogP contribution is 2.33. The molecule has 1 saturated heterocycles. The lowest BCUT2D eigenvalue weighted by molar-refractivity contribution is -0.144. The zero-order valence-electron chi connectivity index (χ0n) is 15.8. The van der Waals surface area contributed by atoms with Crippen molar-refractivity contribution in [3.05, 3.63) is 33.3 Å². The Kier molecular flexibility index (Phi) is 6.77. The molecule has 0 aliphatic carbocycles. The van der Waals surface area contributed by atoms with Gasteiger partial charge in [0, 0.05) is 35.6 Å². The third-order valence-electron chi connectivity index (χ3n) is 5.84. The van der Waals surface area contributed by atoms with E-state index in [1.165, 1.54) is 4.90 Å². The number of amides is 1. The van der Waals surface area contributed by atoms with Gasteiger partial charge in [0.2, 0.25) is 5.91 Å². The van der Waals surface area contributed by atoms with Crippen LogP contribution in [0.25, 0.3) is 0 Å². The van der Waals surface area contributed by atoms with Crippen molar-refractivity contribution in [2.45, 2.75) is 43.7 Å². The van der Waals surface area contributed by atoms with Gasteiger partial charge < -0.3 is 31.1 Å². The van der Waals surface area contributed by atoms with Crippen LogP contribution in [-0.4, -0.2) is 63.7 Å². The van der Waals surface area contributed by atoms with Crippen LogP contribution in [0.5, 0.6) is 0 Å². The van der Waals surface area contributed by atoms with Gasteiger partial charge in [-0.15, -0.1) is 0 Å². The second-order valence-corrected chi connectivity index (χ2v) is 8.68.